The lowest BCUT2D eigenvalue weighted by Gasteiger charge is -2.35. The predicted molar refractivity (Wildman–Crippen MR) is 84.0 cm³/mol. The fourth-order valence-electron chi connectivity index (χ4n) is 3.16. The largest absolute Gasteiger partial charge is 0.508 e. The van der Waals surface area contributed by atoms with Gasteiger partial charge in [0.1, 0.15) is 22.8 Å². The zero-order chi connectivity index (χ0) is 14.6. The summed E-state index contributed by atoms with van der Waals surface area (Å²) in [6.07, 6.45) is 1.52. The first-order valence-electron chi connectivity index (χ1n) is 6.74. The van der Waals surface area contributed by atoms with E-state index in [2.05, 4.69) is 15.9 Å². The van der Waals surface area contributed by atoms with Crippen molar-refractivity contribution in [3.63, 3.8) is 0 Å². The van der Waals surface area contributed by atoms with E-state index in [4.69, 9.17) is 15.5 Å². The van der Waals surface area contributed by atoms with Crippen LogP contribution in [0.1, 0.15) is 24.0 Å². The monoisotopic (exact) mass is 344 g/mol. The summed E-state index contributed by atoms with van der Waals surface area (Å²) in [5.74, 6) is 2.35. The van der Waals surface area contributed by atoms with Crippen LogP contribution in [-0.2, 0) is 5.54 Å². The molecule has 0 radical (unpaired) electrons. The molecule has 0 bridgehead atoms. The molecule has 2 aromatic rings. The zero-order valence-corrected chi connectivity index (χ0v) is 12.7. The summed E-state index contributed by atoms with van der Waals surface area (Å²) in [4.78, 5) is 4.73. The SMILES string of the molecule is NC1=NC2(CC1)c1cc(O)ccc1Oc1ccc(Br)cc12. The molecule has 0 fully saturated rings. The number of aromatic hydroxyl groups is 1. The summed E-state index contributed by atoms with van der Waals surface area (Å²) in [7, 11) is 0. The molecule has 0 saturated heterocycles. The van der Waals surface area contributed by atoms with E-state index >= 15 is 0 Å². The van der Waals surface area contributed by atoms with Gasteiger partial charge in [-0.15, -0.1) is 0 Å². The molecule has 1 atom stereocenters. The van der Waals surface area contributed by atoms with Gasteiger partial charge in [0.15, 0.2) is 0 Å². The van der Waals surface area contributed by atoms with E-state index in [9.17, 15) is 5.11 Å². The molecule has 3 N–H and O–H groups in total. The van der Waals surface area contributed by atoms with E-state index < -0.39 is 5.54 Å². The number of nitrogens with zero attached hydrogens (tertiary/aromatic N) is 1. The highest BCUT2D eigenvalue weighted by Crippen LogP contribution is 2.54. The van der Waals surface area contributed by atoms with E-state index in [1.807, 2.05) is 18.2 Å². The Morgan fingerprint density at radius 2 is 1.86 bits per heavy atom. The third-order valence-corrected chi connectivity index (χ3v) is 4.59. The van der Waals surface area contributed by atoms with Gasteiger partial charge in [-0.2, -0.15) is 0 Å². The van der Waals surface area contributed by atoms with Crippen molar-refractivity contribution >= 4 is 21.8 Å². The van der Waals surface area contributed by atoms with Gasteiger partial charge in [0, 0.05) is 22.0 Å². The summed E-state index contributed by atoms with van der Waals surface area (Å²) in [5, 5.41) is 9.86. The molecule has 21 heavy (non-hydrogen) atoms. The molecule has 4 rings (SSSR count). The first-order chi connectivity index (χ1) is 10.1. The third-order valence-electron chi connectivity index (χ3n) is 4.09. The smallest absolute Gasteiger partial charge is 0.133 e. The van der Waals surface area contributed by atoms with Crippen LogP contribution in [0.25, 0.3) is 0 Å². The first-order valence-corrected chi connectivity index (χ1v) is 7.53. The Kier molecular flexibility index (Phi) is 2.57. The Bertz CT molecular complexity index is 734. The number of ether oxygens (including phenoxy) is 1. The molecule has 0 aromatic heterocycles. The molecular weight excluding hydrogens is 332 g/mol. The average Bonchev–Trinajstić information content (AvgIpc) is 2.84. The highest BCUT2D eigenvalue weighted by atomic mass is 79.9. The highest BCUT2D eigenvalue weighted by molar-refractivity contribution is 9.10. The molecule has 1 spiro atoms. The molecular formula is C16H13BrN2O2. The molecule has 0 saturated carbocycles. The van der Waals surface area contributed by atoms with Crippen molar-refractivity contribution in [3.05, 3.63) is 52.0 Å². The van der Waals surface area contributed by atoms with Crippen LogP contribution in [-0.4, -0.2) is 10.9 Å². The molecule has 2 heterocycles. The number of aliphatic imine (C=N–C) groups is 1. The first kappa shape index (κ1) is 12.7. The second-order valence-corrected chi connectivity index (χ2v) is 6.30. The lowest BCUT2D eigenvalue weighted by atomic mass is 9.79. The summed E-state index contributed by atoms with van der Waals surface area (Å²) < 4.78 is 6.93. The lowest BCUT2D eigenvalue weighted by Crippen LogP contribution is -2.27. The topological polar surface area (TPSA) is 67.8 Å². The Balaban J connectivity index is 2.05. The van der Waals surface area contributed by atoms with Gasteiger partial charge in [0.25, 0.3) is 0 Å². The maximum Gasteiger partial charge on any atom is 0.133 e. The zero-order valence-electron chi connectivity index (χ0n) is 11.1. The van der Waals surface area contributed by atoms with Crippen molar-refractivity contribution in [2.45, 2.75) is 18.4 Å². The summed E-state index contributed by atoms with van der Waals surface area (Å²) in [5.41, 5.74) is 7.26. The number of amidine groups is 1. The van der Waals surface area contributed by atoms with Gasteiger partial charge in [0.05, 0.1) is 5.84 Å². The quantitative estimate of drug-likeness (QED) is 0.766. The molecule has 2 aromatic carbocycles. The number of hydrogen-bond donors (Lipinski definition) is 2. The van der Waals surface area contributed by atoms with Gasteiger partial charge in [-0.25, -0.2) is 0 Å². The minimum Gasteiger partial charge on any atom is -0.508 e. The molecule has 0 aliphatic carbocycles. The molecule has 106 valence electrons. The summed E-state index contributed by atoms with van der Waals surface area (Å²) in [6.45, 7) is 0. The molecule has 0 amide bonds. The highest BCUT2D eigenvalue weighted by Gasteiger charge is 2.45. The predicted octanol–water partition coefficient (Wildman–Crippen LogP) is 3.66. The Morgan fingerprint density at radius 1 is 1.14 bits per heavy atom. The van der Waals surface area contributed by atoms with Crippen LogP contribution in [0.3, 0.4) is 0 Å². The minimum absolute atomic E-state index is 0.204. The van der Waals surface area contributed by atoms with E-state index in [0.717, 1.165) is 39.9 Å². The number of hydrogen-bond acceptors (Lipinski definition) is 4. The molecule has 2 aliphatic heterocycles. The van der Waals surface area contributed by atoms with Crippen molar-refractivity contribution in [1.82, 2.24) is 0 Å². The van der Waals surface area contributed by atoms with E-state index in [1.54, 1.807) is 18.2 Å². The molecule has 4 nitrogen and oxygen atoms in total. The second-order valence-electron chi connectivity index (χ2n) is 5.39. The van der Waals surface area contributed by atoms with Gasteiger partial charge in [-0.1, -0.05) is 15.9 Å². The van der Waals surface area contributed by atoms with Gasteiger partial charge < -0.3 is 15.6 Å². The lowest BCUT2D eigenvalue weighted by molar-refractivity contribution is 0.391. The number of fused-ring (bicyclic) bond motifs is 4. The van der Waals surface area contributed by atoms with Crippen LogP contribution < -0.4 is 10.5 Å². The van der Waals surface area contributed by atoms with Crippen molar-refractivity contribution in [2.75, 3.05) is 0 Å². The van der Waals surface area contributed by atoms with Crippen LogP contribution in [0, 0.1) is 0 Å². The number of phenolic OH excluding ortho intramolecular Hbond substituents is 1. The van der Waals surface area contributed by atoms with Gasteiger partial charge in [-0.3, -0.25) is 4.99 Å². The fourth-order valence-corrected chi connectivity index (χ4v) is 3.52. The maximum atomic E-state index is 9.86. The van der Waals surface area contributed by atoms with E-state index in [-0.39, 0.29) is 5.75 Å². The van der Waals surface area contributed by atoms with Crippen LogP contribution in [0.15, 0.2) is 45.9 Å². The van der Waals surface area contributed by atoms with E-state index in [0.29, 0.717) is 5.84 Å². The number of halogens is 1. The minimum atomic E-state index is -0.560. The number of benzene rings is 2. The van der Waals surface area contributed by atoms with Crippen LogP contribution in [0.2, 0.25) is 0 Å². The Labute approximate surface area is 130 Å². The molecule has 2 aliphatic rings. The number of nitrogens with two attached hydrogens (primary N) is 1. The Morgan fingerprint density at radius 3 is 2.57 bits per heavy atom. The summed E-state index contributed by atoms with van der Waals surface area (Å²) >= 11 is 3.51. The number of rotatable bonds is 0. The van der Waals surface area contributed by atoms with Crippen LogP contribution in [0.4, 0.5) is 0 Å². The average molecular weight is 345 g/mol. The van der Waals surface area contributed by atoms with Crippen LogP contribution >= 0.6 is 15.9 Å². The van der Waals surface area contributed by atoms with Gasteiger partial charge >= 0.3 is 0 Å². The van der Waals surface area contributed by atoms with Crippen molar-refractivity contribution in [2.24, 2.45) is 10.7 Å². The summed E-state index contributed by atoms with van der Waals surface area (Å²) in [6, 6.07) is 11.0. The fraction of sp³-hybridized carbons (Fsp3) is 0.188. The van der Waals surface area contributed by atoms with Crippen LogP contribution in [0.5, 0.6) is 17.2 Å². The van der Waals surface area contributed by atoms with E-state index in [1.165, 1.54) is 0 Å². The normalized spacial score (nSPS) is 22.4. The molecule has 1 unspecified atom stereocenters. The number of phenols is 1. The van der Waals surface area contributed by atoms with Crippen molar-refractivity contribution < 1.29 is 9.84 Å². The molecule has 5 heteroatoms. The maximum absolute atomic E-state index is 9.86. The van der Waals surface area contributed by atoms with Crippen molar-refractivity contribution in [3.8, 4) is 17.2 Å². The third kappa shape index (κ3) is 1.77. The second kappa shape index (κ2) is 4.24. The standard InChI is InChI=1S/C16H13BrN2O2/c17-9-1-3-13-11(7-9)16(6-5-15(18)19-16)12-8-10(20)2-4-14(12)21-13/h1-4,7-8,20H,5-6H2,(H2,18,19). The van der Waals surface area contributed by atoms with Crippen molar-refractivity contribution in [1.29, 1.82) is 0 Å². The van der Waals surface area contributed by atoms with Gasteiger partial charge in [0.2, 0.25) is 0 Å². The van der Waals surface area contributed by atoms with Gasteiger partial charge in [-0.05, 0) is 42.8 Å². The Hall–Kier alpha value is -2.01.